The van der Waals surface area contributed by atoms with Crippen molar-refractivity contribution >= 4 is 28.1 Å². The van der Waals surface area contributed by atoms with Crippen LogP contribution in [0.4, 0.5) is 5.69 Å². The van der Waals surface area contributed by atoms with Gasteiger partial charge < -0.3 is 0 Å². The van der Waals surface area contributed by atoms with Crippen LogP contribution >= 0.6 is 12.4 Å². The fourth-order valence-corrected chi connectivity index (χ4v) is 4.89. The predicted molar refractivity (Wildman–Crippen MR) is 110 cm³/mol. The van der Waals surface area contributed by atoms with Crippen molar-refractivity contribution in [1.29, 1.82) is 0 Å². The molecule has 0 atom stereocenters. The van der Waals surface area contributed by atoms with Gasteiger partial charge in [-0.2, -0.15) is 0 Å². The number of nitrogens with one attached hydrogen (secondary N) is 1. The number of nitro groups is 1. The third-order valence-corrected chi connectivity index (χ3v) is 6.49. The first-order valence-electron chi connectivity index (χ1n) is 8.89. The molecule has 2 aromatic carbocycles. The molecule has 3 rings (SSSR count). The van der Waals surface area contributed by atoms with E-state index in [0.29, 0.717) is 18.4 Å². The average molecular weight is 426 g/mol. The highest BCUT2D eigenvalue weighted by Gasteiger charge is 2.26. The Bertz CT molecular complexity index is 914. The molecule has 0 saturated carbocycles. The molecule has 152 valence electrons. The van der Waals surface area contributed by atoms with Gasteiger partial charge in [-0.25, -0.2) is 13.1 Å². The van der Waals surface area contributed by atoms with E-state index in [1.807, 2.05) is 18.2 Å². The maximum Gasteiger partial charge on any atom is 0.270 e. The summed E-state index contributed by atoms with van der Waals surface area (Å²) in [6.07, 6.45) is 1.42. The molecule has 7 nitrogen and oxygen atoms in total. The van der Waals surface area contributed by atoms with Crippen molar-refractivity contribution in [2.45, 2.75) is 37.2 Å². The Kier molecular flexibility index (Phi) is 7.54. The molecule has 1 aliphatic rings. The van der Waals surface area contributed by atoms with Gasteiger partial charge in [0.25, 0.3) is 5.69 Å². The lowest BCUT2D eigenvalue weighted by atomic mass is 10.1. The molecular weight excluding hydrogens is 402 g/mol. The highest BCUT2D eigenvalue weighted by atomic mass is 35.5. The van der Waals surface area contributed by atoms with E-state index < -0.39 is 14.9 Å². The van der Waals surface area contributed by atoms with Crippen LogP contribution in [0.1, 0.15) is 24.0 Å². The molecule has 28 heavy (non-hydrogen) atoms. The molecule has 0 aromatic heterocycles. The summed E-state index contributed by atoms with van der Waals surface area (Å²) in [6.45, 7) is 4.09. The van der Waals surface area contributed by atoms with Crippen molar-refractivity contribution in [3.05, 3.63) is 69.8 Å². The van der Waals surface area contributed by atoms with Crippen LogP contribution in [0.25, 0.3) is 0 Å². The number of hydrogen-bond donors (Lipinski definition) is 1. The topological polar surface area (TPSA) is 92.5 Å². The van der Waals surface area contributed by atoms with Crippen molar-refractivity contribution in [3.63, 3.8) is 0 Å². The number of likely N-dealkylation sites (tertiary alicyclic amines) is 1. The van der Waals surface area contributed by atoms with Gasteiger partial charge in [-0.05, 0) is 30.9 Å². The van der Waals surface area contributed by atoms with E-state index in [9.17, 15) is 18.5 Å². The van der Waals surface area contributed by atoms with Gasteiger partial charge in [0.15, 0.2) is 0 Å². The molecule has 1 aliphatic heterocycles. The number of nitro benzene ring substituents is 1. The molecule has 0 amide bonds. The number of nitrogens with zero attached hydrogens (tertiary/aromatic N) is 2. The van der Waals surface area contributed by atoms with Crippen LogP contribution in [0.15, 0.2) is 53.4 Å². The molecule has 1 N–H and O–H groups in total. The number of halogens is 1. The van der Waals surface area contributed by atoms with Crippen molar-refractivity contribution in [2.24, 2.45) is 0 Å². The Morgan fingerprint density at radius 2 is 1.79 bits per heavy atom. The molecule has 0 unspecified atom stereocenters. The Hall–Kier alpha value is -2.00. The van der Waals surface area contributed by atoms with E-state index in [0.717, 1.165) is 25.7 Å². The Labute approximate surface area is 171 Å². The minimum Gasteiger partial charge on any atom is -0.299 e. The molecule has 0 radical (unpaired) electrons. The van der Waals surface area contributed by atoms with Gasteiger partial charge in [-0.3, -0.25) is 15.0 Å². The van der Waals surface area contributed by atoms with E-state index >= 15 is 0 Å². The SMILES string of the molecule is Cc1ccc([N+](=O)[O-])cc1S(=O)(=O)NC1CCN(Cc2ccccc2)CC1.Cl. The average Bonchev–Trinajstić information content (AvgIpc) is 2.64. The predicted octanol–water partition coefficient (Wildman–Crippen LogP) is 3.27. The van der Waals surface area contributed by atoms with Crippen LogP contribution in [-0.4, -0.2) is 37.4 Å². The summed E-state index contributed by atoms with van der Waals surface area (Å²) in [6, 6.07) is 13.9. The molecule has 2 aromatic rings. The second-order valence-corrected chi connectivity index (χ2v) is 8.55. The van der Waals surface area contributed by atoms with Crippen LogP contribution in [-0.2, 0) is 16.6 Å². The zero-order valence-corrected chi connectivity index (χ0v) is 17.2. The molecule has 0 aliphatic carbocycles. The summed E-state index contributed by atoms with van der Waals surface area (Å²) in [5.41, 5.74) is 1.51. The lowest BCUT2D eigenvalue weighted by molar-refractivity contribution is -0.385. The van der Waals surface area contributed by atoms with Gasteiger partial charge >= 0.3 is 0 Å². The number of aryl methyl sites for hydroxylation is 1. The lowest BCUT2D eigenvalue weighted by Gasteiger charge is -2.32. The molecule has 1 heterocycles. The summed E-state index contributed by atoms with van der Waals surface area (Å²) in [5, 5.41) is 11.0. The summed E-state index contributed by atoms with van der Waals surface area (Å²) in [4.78, 5) is 12.6. The molecule has 0 spiro atoms. The van der Waals surface area contributed by atoms with Crippen molar-refractivity contribution in [2.75, 3.05) is 13.1 Å². The van der Waals surface area contributed by atoms with Crippen LogP contribution in [0.2, 0.25) is 0 Å². The number of hydrogen-bond acceptors (Lipinski definition) is 5. The highest BCUT2D eigenvalue weighted by Crippen LogP contribution is 2.23. The maximum atomic E-state index is 12.7. The Morgan fingerprint density at radius 1 is 1.14 bits per heavy atom. The van der Waals surface area contributed by atoms with E-state index in [2.05, 4.69) is 21.8 Å². The van der Waals surface area contributed by atoms with Crippen LogP contribution in [0, 0.1) is 17.0 Å². The zero-order chi connectivity index (χ0) is 19.4. The van der Waals surface area contributed by atoms with Crippen molar-refractivity contribution in [3.8, 4) is 0 Å². The second kappa shape index (κ2) is 9.47. The minimum atomic E-state index is -3.80. The summed E-state index contributed by atoms with van der Waals surface area (Å²) in [7, 11) is -3.80. The number of benzene rings is 2. The van der Waals surface area contributed by atoms with Crippen LogP contribution < -0.4 is 4.72 Å². The first-order valence-corrected chi connectivity index (χ1v) is 10.4. The second-order valence-electron chi connectivity index (χ2n) is 6.86. The molecule has 9 heteroatoms. The smallest absolute Gasteiger partial charge is 0.270 e. The Morgan fingerprint density at radius 3 is 2.39 bits per heavy atom. The van der Waals surface area contributed by atoms with E-state index in [-0.39, 0.29) is 29.0 Å². The summed E-state index contributed by atoms with van der Waals surface area (Å²) < 4.78 is 28.2. The lowest BCUT2D eigenvalue weighted by Crippen LogP contribution is -2.44. The van der Waals surface area contributed by atoms with Gasteiger partial charge in [0, 0.05) is 37.8 Å². The number of sulfonamides is 1. The highest BCUT2D eigenvalue weighted by molar-refractivity contribution is 7.89. The van der Waals surface area contributed by atoms with E-state index in [1.54, 1.807) is 6.92 Å². The van der Waals surface area contributed by atoms with Gasteiger partial charge in [0.2, 0.25) is 10.0 Å². The standard InChI is InChI=1S/C19H23N3O4S.ClH/c1-15-7-8-18(22(23)24)13-19(15)27(25,26)20-17-9-11-21(12-10-17)14-16-5-3-2-4-6-16;/h2-8,13,17,20H,9-12,14H2,1H3;1H. The maximum absolute atomic E-state index is 12.7. The van der Waals surface area contributed by atoms with Crippen molar-refractivity contribution < 1.29 is 13.3 Å². The van der Waals surface area contributed by atoms with E-state index in [1.165, 1.54) is 17.7 Å². The zero-order valence-electron chi connectivity index (χ0n) is 15.6. The normalized spacial score (nSPS) is 15.8. The monoisotopic (exact) mass is 425 g/mol. The third-order valence-electron chi connectivity index (χ3n) is 4.83. The number of piperidine rings is 1. The number of non-ortho nitro benzene ring substituents is 1. The van der Waals surface area contributed by atoms with Gasteiger partial charge in [-0.15, -0.1) is 12.4 Å². The first kappa shape index (κ1) is 22.3. The quantitative estimate of drug-likeness (QED) is 0.566. The fourth-order valence-electron chi connectivity index (χ4n) is 3.33. The molecule has 0 bridgehead atoms. The summed E-state index contributed by atoms with van der Waals surface area (Å²) >= 11 is 0. The van der Waals surface area contributed by atoms with E-state index in [4.69, 9.17) is 0 Å². The molecular formula is C19H24ClN3O4S. The minimum absolute atomic E-state index is 0. The van der Waals surface area contributed by atoms with Crippen molar-refractivity contribution in [1.82, 2.24) is 9.62 Å². The third kappa shape index (κ3) is 5.51. The summed E-state index contributed by atoms with van der Waals surface area (Å²) in [5.74, 6) is 0. The van der Waals surface area contributed by atoms with Gasteiger partial charge in [-0.1, -0.05) is 36.4 Å². The van der Waals surface area contributed by atoms with Gasteiger partial charge in [0.1, 0.15) is 0 Å². The first-order chi connectivity index (χ1) is 12.8. The van der Waals surface area contributed by atoms with Crippen LogP contribution in [0.3, 0.4) is 0 Å². The van der Waals surface area contributed by atoms with Crippen LogP contribution in [0.5, 0.6) is 0 Å². The number of rotatable bonds is 6. The largest absolute Gasteiger partial charge is 0.299 e. The van der Waals surface area contributed by atoms with Gasteiger partial charge in [0.05, 0.1) is 9.82 Å². The molecule has 1 saturated heterocycles. The molecule has 1 fully saturated rings. The Balaban J connectivity index is 0.00000280. The fraction of sp³-hybridized carbons (Fsp3) is 0.368.